The van der Waals surface area contributed by atoms with E-state index in [4.69, 9.17) is 18.9 Å². The molecular weight excluding hydrogens is 608 g/mol. The van der Waals surface area contributed by atoms with E-state index < -0.39 is 23.9 Å². The first-order chi connectivity index (χ1) is 23.4. The molecule has 5 aromatic rings. The summed E-state index contributed by atoms with van der Waals surface area (Å²) in [7, 11) is 0. The summed E-state index contributed by atoms with van der Waals surface area (Å²) in [5, 5.41) is 1.37. The van der Waals surface area contributed by atoms with E-state index >= 15 is 0 Å². The van der Waals surface area contributed by atoms with Crippen molar-refractivity contribution in [2.75, 3.05) is 13.2 Å². The van der Waals surface area contributed by atoms with E-state index in [1.54, 1.807) is 97.1 Å². The lowest BCUT2D eigenvalue weighted by Crippen LogP contribution is -2.14. The first-order valence-electron chi connectivity index (χ1n) is 15.9. The van der Waals surface area contributed by atoms with Gasteiger partial charge in [0.05, 0.1) is 40.9 Å². The lowest BCUT2D eigenvalue weighted by molar-refractivity contribution is 0.0452. The number of rotatable bonds is 12. The van der Waals surface area contributed by atoms with Gasteiger partial charge in [-0.25, -0.2) is 19.2 Å². The molecule has 0 aliphatic rings. The summed E-state index contributed by atoms with van der Waals surface area (Å²) >= 11 is 0. The molecule has 48 heavy (non-hydrogen) atoms. The Balaban J connectivity index is 0.000000231. The second-order valence-corrected chi connectivity index (χ2v) is 10.6. The molecule has 0 atom stereocenters. The third kappa shape index (κ3) is 9.87. The van der Waals surface area contributed by atoms with Crippen LogP contribution in [-0.4, -0.2) is 37.1 Å². The van der Waals surface area contributed by atoms with Gasteiger partial charge in [0.15, 0.2) is 0 Å². The molecule has 0 N–H and O–H groups in total. The number of hydrogen-bond acceptors (Lipinski definition) is 8. The van der Waals surface area contributed by atoms with Gasteiger partial charge >= 0.3 is 23.9 Å². The summed E-state index contributed by atoms with van der Waals surface area (Å²) in [6.07, 6.45) is 3.53. The van der Waals surface area contributed by atoms with E-state index in [0.29, 0.717) is 41.2 Å². The maximum atomic E-state index is 12.5. The standard InChI is InChI=1S/C24H16O4.C16H22O4/c25-23(18-9-3-1-4-10-18)27-20-15-7-13-17-14-8-16-21(22(17)20)28-24(26)19-11-5-2-6-12-19;1-3-5-11-19-15(17)13-9-7-8-10-14(13)16(18)20-12-6-4-2/h1-16H;7-10H,3-6,11-12H2,1-2H3. The van der Waals surface area contributed by atoms with Gasteiger partial charge in [0, 0.05) is 0 Å². The minimum absolute atomic E-state index is 0.269. The number of fused-ring (bicyclic) bond motifs is 1. The fraction of sp³-hybridized carbons (Fsp3) is 0.200. The number of carbonyl (C=O) groups excluding carboxylic acids is 4. The summed E-state index contributed by atoms with van der Waals surface area (Å²) in [4.78, 5) is 48.9. The predicted octanol–water partition coefficient (Wildman–Crippen LogP) is 8.88. The van der Waals surface area contributed by atoms with Crippen molar-refractivity contribution in [3.05, 3.63) is 144 Å². The van der Waals surface area contributed by atoms with Crippen LogP contribution in [0.5, 0.6) is 11.5 Å². The van der Waals surface area contributed by atoms with E-state index in [2.05, 4.69) is 0 Å². The first kappa shape index (κ1) is 35.1. The van der Waals surface area contributed by atoms with E-state index in [9.17, 15) is 19.2 Å². The SMILES string of the molecule is CCCCOC(=O)c1ccccc1C(=O)OCCCC.O=C(Oc1cccc2cccc(OC(=O)c3ccccc3)c12)c1ccccc1. The second-order valence-electron chi connectivity index (χ2n) is 10.6. The smallest absolute Gasteiger partial charge is 0.343 e. The van der Waals surface area contributed by atoms with Gasteiger partial charge in [-0.2, -0.15) is 0 Å². The van der Waals surface area contributed by atoms with Crippen LogP contribution < -0.4 is 9.47 Å². The van der Waals surface area contributed by atoms with Gasteiger partial charge in [-0.05, 0) is 66.8 Å². The second kappa shape index (κ2) is 18.4. The molecule has 0 aliphatic carbocycles. The lowest BCUT2D eigenvalue weighted by atomic mass is 10.1. The Morgan fingerprint density at radius 3 is 1.25 bits per heavy atom. The average molecular weight is 647 g/mol. The Bertz CT molecular complexity index is 1690. The van der Waals surface area contributed by atoms with E-state index in [1.807, 2.05) is 38.1 Å². The first-order valence-corrected chi connectivity index (χ1v) is 15.9. The molecule has 0 saturated carbocycles. The Kier molecular flexibility index (Phi) is 13.5. The highest BCUT2D eigenvalue weighted by atomic mass is 16.6. The van der Waals surface area contributed by atoms with Gasteiger partial charge in [-0.3, -0.25) is 0 Å². The maximum Gasteiger partial charge on any atom is 0.343 e. The van der Waals surface area contributed by atoms with Crippen molar-refractivity contribution in [3.63, 3.8) is 0 Å². The normalized spacial score (nSPS) is 10.3. The number of benzene rings is 5. The van der Waals surface area contributed by atoms with Crippen molar-refractivity contribution in [1.29, 1.82) is 0 Å². The molecular formula is C40H38O8. The molecule has 0 amide bonds. The van der Waals surface area contributed by atoms with Gasteiger partial charge in [-0.15, -0.1) is 0 Å². The number of ether oxygens (including phenoxy) is 4. The van der Waals surface area contributed by atoms with E-state index in [1.165, 1.54) is 0 Å². The van der Waals surface area contributed by atoms with E-state index in [0.717, 1.165) is 31.1 Å². The highest BCUT2D eigenvalue weighted by molar-refractivity contribution is 6.03. The highest BCUT2D eigenvalue weighted by Gasteiger charge is 2.19. The number of unbranched alkanes of at least 4 members (excludes halogenated alkanes) is 2. The zero-order valence-electron chi connectivity index (χ0n) is 27.1. The Morgan fingerprint density at radius 1 is 0.458 bits per heavy atom. The van der Waals surface area contributed by atoms with Crippen LogP contribution in [0, 0.1) is 0 Å². The summed E-state index contributed by atoms with van der Waals surface area (Å²) in [5.74, 6) is -1.22. The molecule has 246 valence electrons. The molecule has 0 aliphatic heterocycles. The molecule has 0 saturated heterocycles. The number of esters is 4. The van der Waals surface area contributed by atoms with E-state index in [-0.39, 0.29) is 11.1 Å². The van der Waals surface area contributed by atoms with Crippen molar-refractivity contribution in [2.45, 2.75) is 39.5 Å². The minimum Gasteiger partial charge on any atom is -0.462 e. The van der Waals surface area contributed by atoms with Crippen molar-refractivity contribution >= 4 is 34.6 Å². The summed E-state index contributed by atoms with van der Waals surface area (Å²) in [5.41, 5.74) is 1.42. The predicted molar refractivity (Wildman–Crippen MR) is 184 cm³/mol. The third-order valence-corrected chi connectivity index (χ3v) is 7.08. The molecule has 0 aromatic heterocycles. The number of carbonyl (C=O) groups is 4. The molecule has 5 aromatic carbocycles. The van der Waals surface area contributed by atoms with Crippen molar-refractivity contribution in [1.82, 2.24) is 0 Å². The zero-order valence-corrected chi connectivity index (χ0v) is 27.1. The van der Waals surface area contributed by atoms with Gasteiger partial charge in [0.2, 0.25) is 0 Å². The number of hydrogen-bond donors (Lipinski definition) is 0. The van der Waals surface area contributed by atoms with Crippen molar-refractivity contribution < 1.29 is 38.1 Å². The fourth-order valence-electron chi connectivity index (χ4n) is 4.52. The molecule has 8 heteroatoms. The van der Waals surface area contributed by atoms with Crippen molar-refractivity contribution in [3.8, 4) is 11.5 Å². The van der Waals surface area contributed by atoms with Crippen LogP contribution in [0.15, 0.2) is 121 Å². The molecule has 5 rings (SSSR count). The molecule has 8 nitrogen and oxygen atoms in total. The zero-order chi connectivity index (χ0) is 34.1. The van der Waals surface area contributed by atoms with Crippen LogP contribution in [0.3, 0.4) is 0 Å². The van der Waals surface area contributed by atoms with Gasteiger partial charge < -0.3 is 18.9 Å². The van der Waals surface area contributed by atoms with Gasteiger partial charge in [0.1, 0.15) is 11.5 Å². The fourth-order valence-corrected chi connectivity index (χ4v) is 4.52. The maximum absolute atomic E-state index is 12.5. The average Bonchev–Trinajstić information content (AvgIpc) is 3.13. The Morgan fingerprint density at radius 2 is 0.854 bits per heavy atom. The Labute approximate surface area is 280 Å². The third-order valence-electron chi connectivity index (χ3n) is 7.08. The molecule has 0 unspecified atom stereocenters. The lowest BCUT2D eigenvalue weighted by Gasteiger charge is -2.12. The largest absolute Gasteiger partial charge is 0.462 e. The molecule has 0 bridgehead atoms. The van der Waals surface area contributed by atoms with Crippen LogP contribution in [0.25, 0.3) is 10.8 Å². The molecule has 0 spiro atoms. The van der Waals surface area contributed by atoms with Crippen LogP contribution in [-0.2, 0) is 9.47 Å². The van der Waals surface area contributed by atoms with Crippen LogP contribution in [0.1, 0.15) is 81.0 Å². The van der Waals surface area contributed by atoms with Crippen LogP contribution >= 0.6 is 0 Å². The minimum atomic E-state index is -0.475. The van der Waals surface area contributed by atoms with Crippen LogP contribution in [0.2, 0.25) is 0 Å². The molecule has 0 heterocycles. The van der Waals surface area contributed by atoms with Gasteiger partial charge in [0.25, 0.3) is 0 Å². The van der Waals surface area contributed by atoms with Crippen LogP contribution in [0.4, 0.5) is 0 Å². The summed E-state index contributed by atoms with van der Waals surface area (Å²) < 4.78 is 21.5. The topological polar surface area (TPSA) is 105 Å². The quantitative estimate of drug-likeness (QED) is 0.0752. The molecule has 0 fully saturated rings. The molecule has 0 radical (unpaired) electrons. The summed E-state index contributed by atoms with van der Waals surface area (Å²) in [6.45, 7) is 4.78. The summed E-state index contributed by atoms with van der Waals surface area (Å²) in [6, 6.07) is 34.8. The van der Waals surface area contributed by atoms with Gasteiger partial charge in [-0.1, -0.05) is 99.5 Å². The van der Waals surface area contributed by atoms with Crippen molar-refractivity contribution in [2.24, 2.45) is 0 Å². The Hall–Kier alpha value is -5.76. The highest BCUT2D eigenvalue weighted by Crippen LogP contribution is 2.35. The monoisotopic (exact) mass is 646 g/mol.